The zero-order valence-electron chi connectivity index (χ0n) is 18.4. The highest BCUT2D eigenvalue weighted by atomic mass is 35.5. The second-order valence-electron chi connectivity index (χ2n) is 8.18. The number of rotatable bonds is 7. The maximum absolute atomic E-state index is 13.1. The Bertz CT molecular complexity index is 1580. The molecule has 0 spiro atoms. The first-order valence-electron chi connectivity index (χ1n) is 10.2. The van der Waals surface area contributed by atoms with Crippen molar-refractivity contribution < 1.29 is 31.4 Å². The van der Waals surface area contributed by atoms with Crippen molar-refractivity contribution in [1.82, 2.24) is 19.5 Å². The summed E-state index contributed by atoms with van der Waals surface area (Å²) in [6.45, 7) is 0. The number of nitrogens with zero attached hydrogens (tertiary/aromatic N) is 2. The number of phenolic OH excluding ortho intramolecular Hbond substituents is 1. The number of alkyl halides is 2. The minimum absolute atomic E-state index is 0.0173. The van der Waals surface area contributed by atoms with Crippen molar-refractivity contribution >= 4 is 43.8 Å². The van der Waals surface area contributed by atoms with Crippen molar-refractivity contribution in [3.05, 3.63) is 78.0 Å². The van der Waals surface area contributed by atoms with Gasteiger partial charge in [0.15, 0.2) is 5.69 Å². The lowest BCUT2D eigenvalue weighted by Crippen LogP contribution is -2.50. The van der Waals surface area contributed by atoms with Crippen LogP contribution in [-0.4, -0.2) is 54.9 Å². The highest BCUT2D eigenvalue weighted by Crippen LogP contribution is 2.48. The average molecular weight is 599 g/mol. The third-order valence-corrected chi connectivity index (χ3v) is 9.48. The summed E-state index contributed by atoms with van der Waals surface area (Å²) in [5.41, 5.74) is -3.05. The molecule has 11 nitrogen and oxygen atoms in total. The normalized spacial score (nSPS) is 16.5. The van der Waals surface area contributed by atoms with Crippen molar-refractivity contribution in [2.45, 2.75) is 23.8 Å². The summed E-state index contributed by atoms with van der Waals surface area (Å²) in [7, 11) is -7.00. The molecule has 0 bridgehead atoms. The third kappa shape index (κ3) is 5.82. The van der Waals surface area contributed by atoms with Crippen LogP contribution in [0.4, 0.5) is 8.78 Å². The lowest BCUT2D eigenvalue weighted by molar-refractivity contribution is 0.141. The number of aromatic amines is 1. The predicted octanol–water partition coefficient (Wildman–Crippen LogP) is 2.87. The van der Waals surface area contributed by atoms with Gasteiger partial charge in [-0.3, -0.25) is 18.9 Å². The van der Waals surface area contributed by atoms with Gasteiger partial charge in [0.25, 0.3) is 12.0 Å². The number of aromatic hydroxyl groups is 1. The van der Waals surface area contributed by atoms with Crippen LogP contribution in [0, 0.1) is 0 Å². The minimum Gasteiger partial charge on any atom is -0.507 e. The van der Waals surface area contributed by atoms with Crippen molar-refractivity contribution in [3.8, 4) is 11.4 Å². The molecule has 0 radical (unpaired) electrons. The van der Waals surface area contributed by atoms with Gasteiger partial charge in [0.2, 0.25) is 10.0 Å². The van der Waals surface area contributed by atoms with Gasteiger partial charge in [-0.15, -0.1) is 0 Å². The van der Waals surface area contributed by atoms with E-state index in [2.05, 4.69) is 9.82 Å². The number of aromatic nitrogens is 3. The van der Waals surface area contributed by atoms with Crippen LogP contribution in [0.1, 0.15) is 23.2 Å². The zero-order chi connectivity index (χ0) is 27.3. The number of benzene rings is 2. The molecule has 3 aromatic rings. The smallest absolute Gasteiger partial charge is 0.349 e. The van der Waals surface area contributed by atoms with E-state index in [1.165, 1.54) is 24.3 Å². The highest BCUT2D eigenvalue weighted by Gasteiger charge is 2.37. The van der Waals surface area contributed by atoms with Crippen LogP contribution in [0.2, 0.25) is 10.0 Å². The Hall–Kier alpha value is -2.53. The largest absolute Gasteiger partial charge is 0.507 e. The Morgan fingerprint density at radius 1 is 1.16 bits per heavy atom. The molecule has 200 valence electrons. The summed E-state index contributed by atoms with van der Waals surface area (Å²) in [6.07, 6.45) is -3.27. The highest BCUT2D eigenvalue weighted by molar-refractivity contribution is 8.25. The van der Waals surface area contributed by atoms with Gasteiger partial charge in [0, 0.05) is 16.5 Å². The van der Waals surface area contributed by atoms with Crippen LogP contribution >= 0.6 is 33.8 Å². The number of nitrogens with one attached hydrogen (secondary N) is 2. The molecule has 1 aliphatic rings. The second-order valence-corrected chi connectivity index (χ2v) is 12.9. The van der Waals surface area contributed by atoms with Gasteiger partial charge in [-0.05, 0) is 35.4 Å². The number of phenols is 1. The SMILES string of the molecule is O=c1[nH]c(=O)n(-c2cc(Cl)c(Cc3ccc(O)c(S(=O)(=O)NC4CS(O)(O)C4)c3)c(Cl)c2)nc1C(F)F. The van der Waals surface area contributed by atoms with E-state index < -0.39 is 60.7 Å². The fourth-order valence-electron chi connectivity index (χ4n) is 3.65. The summed E-state index contributed by atoms with van der Waals surface area (Å²) in [4.78, 5) is 25.0. The van der Waals surface area contributed by atoms with E-state index in [9.17, 15) is 41.0 Å². The predicted molar refractivity (Wildman–Crippen MR) is 133 cm³/mol. The van der Waals surface area contributed by atoms with Crippen LogP contribution in [0.5, 0.6) is 5.75 Å². The molecule has 1 saturated heterocycles. The number of sulfonamides is 1. The Balaban J connectivity index is 1.64. The summed E-state index contributed by atoms with van der Waals surface area (Å²) in [6, 6.07) is 5.50. The maximum Gasteiger partial charge on any atom is 0.349 e. The molecular weight excluding hydrogens is 581 g/mol. The third-order valence-electron chi connectivity index (χ3n) is 5.38. The lowest BCUT2D eigenvalue weighted by atomic mass is 10.0. The van der Waals surface area contributed by atoms with Crippen molar-refractivity contribution in [2.75, 3.05) is 11.5 Å². The maximum atomic E-state index is 13.1. The summed E-state index contributed by atoms with van der Waals surface area (Å²) in [5.74, 6) is -0.792. The first-order chi connectivity index (χ1) is 17.2. The Kier molecular flexibility index (Phi) is 7.42. The molecule has 17 heteroatoms. The number of halogens is 4. The van der Waals surface area contributed by atoms with Gasteiger partial charge < -0.3 is 5.11 Å². The molecule has 0 aliphatic carbocycles. The topological polar surface area (TPSA) is 175 Å². The molecule has 37 heavy (non-hydrogen) atoms. The zero-order valence-corrected chi connectivity index (χ0v) is 21.5. The first-order valence-corrected chi connectivity index (χ1v) is 14.4. The van der Waals surface area contributed by atoms with E-state index in [0.717, 1.165) is 6.07 Å². The van der Waals surface area contributed by atoms with E-state index >= 15 is 0 Å². The van der Waals surface area contributed by atoms with Crippen LogP contribution in [0.25, 0.3) is 5.69 Å². The number of hydrogen-bond donors (Lipinski definition) is 5. The lowest BCUT2D eigenvalue weighted by Gasteiger charge is -2.46. The second kappa shape index (κ2) is 9.98. The fourth-order valence-corrected chi connectivity index (χ4v) is 7.21. The molecule has 0 amide bonds. The Labute approximate surface area is 219 Å². The van der Waals surface area contributed by atoms with E-state index in [1.807, 2.05) is 0 Å². The molecule has 0 unspecified atom stereocenters. The van der Waals surface area contributed by atoms with Gasteiger partial charge in [0.1, 0.15) is 10.6 Å². The van der Waals surface area contributed by atoms with Gasteiger partial charge in [-0.25, -0.2) is 26.7 Å². The standard InChI is InChI=1S/C20H18Cl2F2N4O7S2/c21-13-5-11(28-20(31)25-19(30)17(26-28)18(23)24)6-14(22)12(13)3-9-1-2-15(29)16(4-9)37(34,35)27-10-7-36(32,33)8-10/h1-2,4-6,10,18,27,29,32-33H,3,7-8H2,(H,25,30,31). The van der Waals surface area contributed by atoms with Gasteiger partial charge >= 0.3 is 5.69 Å². The Morgan fingerprint density at radius 2 is 1.78 bits per heavy atom. The molecule has 2 heterocycles. The van der Waals surface area contributed by atoms with Crippen LogP contribution in [0.15, 0.2) is 44.8 Å². The van der Waals surface area contributed by atoms with Gasteiger partial charge in [0.05, 0.1) is 23.2 Å². The van der Waals surface area contributed by atoms with Crippen molar-refractivity contribution in [2.24, 2.45) is 0 Å². The average Bonchev–Trinajstić information content (AvgIpc) is 2.75. The van der Waals surface area contributed by atoms with Gasteiger partial charge in [-0.2, -0.15) is 20.4 Å². The fraction of sp³-hybridized carbons (Fsp3) is 0.250. The quantitative estimate of drug-likeness (QED) is 0.276. The molecule has 1 fully saturated rings. The van der Waals surface area contributed by atoms with Crippen LogP contribution in [-0.2, 0) is 16.4 Å². The Morgan fingerprint density at radius 3 is 2.35 bits per heavy atom. The summed E-state index contributed by atoms with van der Waals surface area (Å²) >= 11 is 12.7. The monoisotopic (exact) mass is 598 g/mol. The number of H-pyrrole nitrogens is 1. The van der Waals surface area contributed by atoms with E-state index in [4.69, 9.17) is 23.2 Å². The van der Waals surface area contributed by atoms with E-state index in [1.54, 1.807) is 4.98 Å². The molecule has 5 N–H and O–H groups in total. The molecule has 1 aromatic heterocycles. The summed E-state index contributed by atoms with van der Waals surface area (Å²) in [5, 5.41) is 13.5. The van der Waals surface area contributed by atoms with Crippen molar-refractivity contribution in [1.29, 1.82) is 0 Å². The molecule has 4 rings (SSSR count). The minimum atomic E-state index is -4.21. The van der Waals surface area contributed by atoms with Crippen molar-refractivity contribution in [3.63, 3.8) is 0 Å². The first kappa shape index (κ1) is 27.5. The van der Waals surface area contributed by atoms with Crippen LogP contribution < -0.4 is 16.0 Å². The van der Waals surface area contributed by atoms with Crippen LogP contribution in [0.3, 0.4) is 0 Å². The van der Waals surface area contributed by atoms with Gasteiger partial charge in [-0.1, -0.05) is 29.3 Å². The summed E-state index contributed by atoms with van der Waals surface area (Å²) < 4.78 is 73.4. The molecule has 2 aromatic carbocycles. The van der Waals surface area contributed by atoms with E-state index in [-0.39, 0.29) is 39.2 Å². The number of hydrogen-bond acceptors (Lipinski definition) is 8. The molecule has 0 atom stereocenters. The molecule has 1 aliphatic heterocycles. The molecule has 0 saturated carbocycles. The van der Waals surface area contributed by atoms with E-state index in [0.29, 0.717) is 10.2 Å². The molecular formula is C20H18Cl2F2N4O7S2.